The zero-order chi connectivity index (χ0) is 26.4. The first-order valence-corrected chi connectivity index (χ1v) is 18.1. The molecule has 13 atom stereocenters. The second-order valence-corrected chi connectivity index (χ2v) is 16.8. The van der Waals surface area contributed by atoms with E-state index in [1.807, 2.05) is 0 Å². The molecule has 13 unspecified atom stereocenters. The Labute approximate surface area is 240 Å². The Hall–Kier alpha value is -0.660. The van der Waals surface area contributed by atoms with Gasteiger partial charge in [-0.2, -0.15) is 4.91 Å². The Kier molecular flexibility index (Phi) is 8.05. The van der Waals surface area contributed by atoms with Gasteiger partial charge in [-0.15, -0.1) is 0 Å². The van der Waals surface area contributed by atoms with Crippen LogP contribution in [0.15, 0.2) is 17.3 Å². The number of hydrogen-bond donors (Lipinski definition) is 0. The maximum atomic E-state index is 11.1. The summed E-state index contributed by atoms with van der Waals surface area (Å²) in [5.74, 6) is 11.6. The third kappa shape index (κ3) is 5.59. The van der Waals surface area contributed by atoms with Gasteiger partial charge in [0.25, 0.3) is 0 Å². The number of fused-ring (bicyclic) bond motifs is 4. The summed E-state index contributed by atoms with van der Waals surface area (Å²) in [6.07, 6.45) is 35.2. The zero-order valence-electron chi connectivity index (χ0n) is 25.3. The molecule has 0 spiro atoms. The molecular formula is C37H59NO. The molecule has 0 aromatic carbocycles. The van der Waals surface area contributed by atoms with Gasteiger partial charge in [0, 0.05) is 0 Å². The molecule has 7 rings (SSSR count). The first-order chi connectivity index (χ1) is 19.1. The number of allylic oxidation sites excluding steroid dienone is 2. The Morgan fingerprint density at radius 1 is 0.564 bits per heavy atom. The van der Waals surface area contributed by atoms with Crippen LogP contribution in [0.2, 0.25) is 0 Å². The van der Waals surface area contributed by atoms with Gasteiger partial charge >= 0.3 is 0 Å². The van der Waals surface area contributed by atoms with Crippen molar-refractivity contribution in [1.29, 1.82) is 0 Å². The third-order valence-electron chi connectivity index (χ3n) is 14.9. The van der Waals surface area contributed by atoms with Crippen LogP contribution >= 0.6 is 0 Å². The molecule has 0 radical (unpaired) electrons. The molecule has 7 aliphatic carbocycles. The fourth-order valence-electron chi connectivity index (χ4n) is 12.9. The Bertz CT molecular complexity index is 881. The fourth-order valence-corrected chi connectivity index (χ4v) is 12.9. The minimum atomic E-state index is 0.421. The van der Waals surface area contributed by atoms with Crippen LogP contribution < -0.4 is 0 Å². The number of rotatable bonds is 4. The maximum Gasteiger partial charge on any atom is 0.0811 e. The van der Waals surface area contributed by atoms with E-state index in [-0.39, 0.29) is 0 Å². The average Bonchev–Trinajstić information content (AvgIpc) is 3.28. The van der Waals surface area contributed by atoms with Crippen LogP contribution in [0.4, 0.5) is 0 Å². The number of nitrogens with zero attached hydrogens (tertiary/aromatic N) is 1. The predicted molar refractivity (Wildman–Crippen MR) is 162 cm³/mol. The van der Waals surface area contributed by atoms with Gasteiger partial charge in [0.05, 0.1) is 6.54 Å². The SMILES string of the molecule is CC1(CCCN=O)CC2CCC3CCC4CCC5CCC6CC5CCC4/C=C\C3CCC2CC2CCC6C2C1. The molecule has 2 heteroatoms. The summed E-state index contributed by atoms with van der Waals surface area (Å²) in [5, 5.41) is 3.30. The second-order valence-electron chi connectivity index (χ2n) is 16.8. The summed E-state index contributed by atoms with van der Waals surface area (Å²) in [5.41, 5.74) is 0.421. The standard InChI is InChI=1S/C37H59NO/c1-37(19-2-20-38-39)23-34-16-12-28-6-3-25-7-8-29-11-15-32-21-30(29)13-9-26(25)4-5-27(28)10-14-31(34)22-33-17-18-35(32)36(33)24-37/h4-5,25-36H,2-3,6-24H2,1H3/b5-4-. The molecule has 0 aromatic rings. The van der Waals surface area contributed by atoms with E-state index in [2.05, 4.69) is 24.3 Å². The van der Waals surface area contributed by atoms with E-state index in [4.69, 9.17) is 0 Å². The molecule has 2 nitrogen and oxygen atoms in total. The summed E-state index contributed by atoms with van der Waals surface area (Å²) in [6.45, 7) is 3.21. The van der Waals surface area contributed by atoms with E-state index >= 15 is 0 Å². The van der Waals surface area contributed by atoms with Crippen LogP contribution in [0.25, 0.3) is 0 Å². The van der Waals surface area contributed by atoms with E-state index in [1.54, 1.807) is 32.1 Å². The van der Waals surface area contributed by atoms with Crippen LogP contribution in [-0.4, -0.2) is 6.54 Å². The van der Waals surface area contributed by atoms with Crippen LogP contribution in [0.3, 0.4) is 0 Å². The molecule has 5 saturated carbocycles. The average molecular weight is 534 g/mol. The van der Waals surface area contributed by atoms with Crippen molar-refractivity contribution in [1.82, 2.24) is 0 Å². The van der Waals surface area contributed by atoms with Crippen molar-refractivity contribution in [3.8, 4) is 0 Å². The van der Waals surface area contributed by atoms with Gasteiger partial charge in [-0.25, -0.2) is 0 Å². The van der Waals surface area contributed by atoms with Crippen LogP contribution in [0.1, 0.15) is 135 Å². The monoisotopic (exact) mass is 533 g/mol. The van der Waals surface area contributed by atoms with E-state index < -0.39 is 0 Å². The van der Waals surface area contributed by atoms with E-state index in [0.717, 1.165) is 77.4 Å². The molecule has 7 aliphatic rings. The van der Waals surface area contributed by atoms with Crippen LogP contribution in [-0.2, 0) is 0 Å². The smallest absolute Gasteiger partial charge is 0.0811 e. The van der Waals surface area contributed by atoms with Gasteiger partial charge in [0.2, 0.25) is 0 Å². The summed E-state index contributed by atoms with van der Waals surface area (Å²) >= 11 is 0. The van der Waals surface area contributed by atoms with Crippen molar-refractivity contribution in [3.05, 3.63) is 17.1 Å². The lowest BCUT2D eigenvalue weighted by Gasteiger charge is -2.49. The molecule has 218 valence electrons. The first-order valence-electron chi connectivity index (χ1n) is 18.1. The van der Waals surface area contributed by atoms with Crippen molar-refractivity contribution in [2.24, 2.45) is 81.6 Å². The van der Waals surface area contributed by atoms with Gasteiger partial charge < -0.3 is 0 Å². The highest BCUT2D eigenvalue weighted by molar-refractivity contribution is 5.04. The topological polar surface area (TPSA) is 29.4 Å². The molecule has 0 aliphatic heterocycles. The lowest BCUT2D eigenvalue weighted by molar-refractivity contribution is 0.0188. The van der Waals surface area contributed by atoms with Crippen molar-refractivity contribution in [3.63, 3.8) is 0 Å². The molecule has 0 amide bonds. The first kappa shape index (κ1) is 27.2. The maximum absolute atomic E-state index is 11.1. The zero-order valence-corrected chi connectivity index (χ0v) is 25.3. The molecular weight excluding hydrogens is 474 g/mol. The Morgan fingerprint density at radius 2 is 1.08 bits per heavy atom. The molecule has 8 bridgehead atoms. The molecule has 0 aromatic heterocycles. The predicted octanol–water partition coefficient (Wildman–Crippen LogP) is 10.6. The third-order valence-corrected chi connectivity index (χ3v) is 14.9. The van der Waals surface area contributed by atoms with Gasteiger partial charge in [0.15, 0.2) is 0 Å². The summed E-state index contributed by atoms with van der Waals surface area (Å²) < 4.78 is 0. The van der Waals surface area contributed by atoms with Gasteiger partial charge in [-0.1, -0.05) is 24.3 Å². The van der Waals surface area contributed by atoms with Crippen molar-refractivity contribution < 1.29 is 0 Å². The van der Waals surface area contributed by atoms with Crippen molar-refractivity contribution in [2.45, 2.75) is 135 Å². The lowest BCUT2D eigenvalue weighted by atomic mass is 9.56. The summed E-state index contributed by atoms with van der Waals surface area (Å²) in [7, 11) is 0. The molecule has 0 heterocycles. The largest absolute Gasteiger partial charge is 0.151 e. The minimum Gasteiger partial charge on any atom is -0.151 e. The Morgan fingerprint density at radius 3 is 1.74 bits per heavy atom. The Balaban J connectivity index is 1.26. The summed E-state index contributed by atoms with van der Waals surface area (Å²) in [4.78, 5) is 11.1. The molecule has 0 saturated heterocycles. The normalized spacial score (nSPS) is 52.1. The van der Waals surface area contributed by atoms with Crippen LogP contribution in [0.5, 0.6) is 0 Å². The van der Waals surface area contributed by atoms with E-state index in [0.29, 0.717) is 12.0 Å². The summed E-state index contributed by atoms with van der Waals surface area (Å²) in [6, 6.07) is 0. The second kappa shape index (κ2) is 11.6. The van der Waals surface area contributed by atoms with Gasteiger partial charge in [-0.05, 0) is 205 Å². The molecule has 39 heavy (non-hydrogen) atoms. The van der Waals surface area contributed by atoms with Gasteiger partial charge in [0.1, 0.15) is 0 Å². The van der Waals surface area contributed by atoms with Crippen LogP contribution in [0, 0.1) is 81.3 Å². The fraction of sp³-hybridized carbons (Fsp3) is 0.946. The van der Waals surface area contributed by atoms with Gasteiger partial charge in [-0.3, -0.25) is 0 Å². The molecule has 0 N–H and O–H groups in total. The highest BCUT2D eigenvalue weighted by Gasteiger charge is 2.49. The van der Waals surface area contributed by atoms with E-state index in [1.165, 1.54) is 89.9 Å². The minimum absolute atomic E-state index is 0.421. The number of nitroso groups, excluding NO2 is 1. The molecule has 5 fully saturated rings. The highest BCUT2D eigenvalue weighted by atomic mass is 16.3. The number of hydrogen-bond acceptors (Lipinski definition) is 2. The quantitative estimate of drug-likeness (QED) is 0.201. The highest BCUT2D eigenvalue weighted by Crippen LogP contribution is 2.59. The lowest BCUT2D eigenvalue weighted by Crippen LogP contribution is -2.39. The van der Waals surface area contributed by atoms with E-state index in [9.17, 15) is 4.91 Å². The van der Waals surface area contributed by atoms with Crippen molar-refractivity contribution >= 4 is 0 Å². The van der Waals surface area contributed by atoms with Crippen molar-refractivity contribution in [2.75, 3.05) is 6.54 Å².